The summed E-state index contributed by atoms with van der Waals surface area (Å²) in [5.74, 6) is 0. The molecular formula is C9H17ClFN3O. The first-order valence-electron chi connectivity index (χ1n) is 5.16. The molecule has 2 aliphatic rings. The number of rotatable bonds is 0. The minimum Gasteiger partial charge on any atom is -0.322 e. The maximum absolute atomic E-state index is 12.9. The van der Waals surface area contributed by atoms with Crippen LogP contribution in [0, 0.1) is 0 Å². The third kappa shape index (κ3) is 2.95. The van der Waals surface area contributed by atoms with Crippen LogP contribution in [-0.2, 0) is 0 Å². The number of hydrogen-bond acceptors (Lipinski definition) is 2. The van der Waals surface area contributed by atoms with Gasteiger partial charge >= 0.3 is 6.03 Å². The van der Waals surface area contributed by atoms with Crippen molar-refractivity contribution in [2.24, 2.45) is 0 Å². The van der Waals surface area contributed by atoms with Crippen molar-refractivity contribution in [1.82, 2.24) is 15.1 Å². The lowest BCUT2D eigenvalue weighted by molar-refractivity contribution is 0.153. The lowest BCUT2D eigenvalue weighted by Crippen LogP contribution is -2.51. The van der Waals surface area contributed by atoms with E-state index in [4.69, 9.17) is 0 Å². The molecule has 1 atom stereocenters. The van der Waals surface area contributed by atoms with Crippen molar-refractivity contribution in [1.29, 1.82) is 0 Å². The van der Waals surface area contributed by atoms with Gasteiger partial charge in [0.25, 0.3) is 0 Å². The number of amides is 2. The van der Waals surface area contributed by atoms with Gasteiger partial charge in [0.1, 0.15) is 6.17 Å². The minimum atomic E-state index is -0.818. The van der Waals surface area contributed by atoms with Gasteiger partial charge in [-0.15, -0.1) is 12.4 Å². The molecule has 0 aliphatic carbocycles. The molecule has 0 bridgehead atoms. The van der Waals surface area contributed by atoms with Gasteiger partial charge in [-0.3, -0.25) is 0 Å². The van der Waals surface area contributed by atoms with Crippen molar-refractivity contribution >= 4 is 18.4 Å². The zero-order valence-corrected chi connectivity index (χ0v) is 9.43. The molecule has 1 N–H and O–H groups in total. The molecule has 2 saturated heterocycles. The van der Waals surface area contributed by atoms with Crippen LogP contribution in [0.1, 0.15) is 6.42 Å². The zero-order chi connectivity index (χ0) is 9.97. The third-order valence-electron chi connectivity index (χ3n) is 2.79. The molecule has 0 unspecified atom stereocenters. The molecule has 6 heteroatoms. The summed E-state index contributed by atoms with van der Waals surface area (Å²) >= 11 is 0. The van der Waals surface area contributed by atoms with Gasteiger partial charge in [0.2, 0.25) is 0 Å². The van der Waals surface area contributed by atoms with Gasteiger partial charge in [-0.2, -0.15) is 0 Å². The first kappa shape index (κ1) is 12.5. The molecule has 2 rings (SSSR count). The van der Waals surface area contributed by atoms with Crippen LogP contribution in [0.2, 0.25) is 0 Å². The topological polar surface area (TPSA) is 35.6 Å². The molecule has 0 aromatic carbocycles. The van der Waals surface area contributed by atoms with Gasteiger partial charge in [0, 0.05) is 32.7 Å². The Morgan fingerprint density at radius 2 is 1.87 bits per heavy atom. The Hall–Kier alpha value is -0.550. The molecule has 2 aliphatic heterocycles. The molecule has 0 saturated carbocycles. The summed E-state index contributed by atoms with van der Waals surface area (Å²) in [6.45, 7) is 4.03. The molecule has 0 spiro atoms. The Bertz CT molecular complexity index is 217. The van der Waals surface area contributed by atoms with Crippen molar-refractivity contribution in [3.8, 4) is 0 Å². The summed E-state index contributed by atoms with van der Waals surface area (Å²) in [6, 6.07) is 0.00616. The van der Waals surface area contributed by atoms with Crippen molar-refractivity contribution in [2.45, 2.75) is 12.6 Å². The average Bonchev–Trinajstić information content (AvgIpc) is 2.65. The van der Waals surface area contributed by atoms with Crippen LogP contribution in [0.5, 0.6) is 0 Å². The Balaban J connectivity index is 0.00000112. The average molecular weight is 238 g/mol. The van der Waals surface area contributed by atoms with Crippen LogP contribution >= 0.6 is 12.4 Å². The smallest absolute Gasteiger partial charge is 0.320 e. The van der Waals surface area contributed by atoms with Crippen molar-refractivity contribution in [2.75, 3.05) is 39.3 Å². The van der Waals surface area contributed by atoms with Crippen LogP contribution in [0.3, 0.4) is 0 Å². The normalized spacial score (nSPS) is 26.3. The number of halogens is 2. The fraction of sp³-hybridized carbons (Fsp3) is 0.889. The number of piperazine rings is 1. The van der Waals surface area contributed by atoms with Crippen LogP contribution in [0.25, 0.3) is 0 Å². The Kier molecular flexibility index (Phi) is 4.60. The molecule has 4 nitrogen and oxygen atoms in total. The molecule has 0 radical (unpaired) electrons. The predicted octanol–water partition coefficient (Wildman–Crippen LogP) is 0.477. The monoisotopic (exact) mass is 237 g/mol. The van der Waals surface area contributed by atoms with E-state index in [0.29, 0.717) is 13.0 Å². The molecule has 2 heterocycles. The Morgan fingerprint density at radius 3 is 2.40 bits per heavy atom. The van der Waals surface area contributed by atoms with E-state index in [-0.39, 0.29) is 25.0 Å². The number of likely N-dealkylation sites (tertiary alicyclic amines) is 1. The summed E-state index contributed by atoms with van der Waals surface area (Å²) in [6.07, 6.45) is -0.320. The van der Waals surface area contributed by atoms with Gasteiger partial charge < -0.3 is 15.1 Å². The predicted molar refractivity (Wildman–Crippen MR) is 58.2 cm³/mol. The zero-order valence-electron chi connectivity index (χ0n) is 8.62. The molecule has 2 fully saturated rings. The second-order valence-electron chi connectivity index (χ2n) is 3.85. The number of urea groups is 1. The molecule has 0 aromatic rings. The Labute approximate surface area is 95.2 Å². The second-order valence-corrected chi connectivity index (χ2v) is 3.85. The highest BCUT2D eigenvalue weighted by Gasteiger charge is 2.29. The van der Waals surface area contributed by atoms with E-state index >= 15 is 0 Å². The SMILES string of the molecule is Cl.O=C(N1CCNCC1)N1CC[C@H](F)C1. The number of nitrogens with one attached hydrogen (secondary N) is 1. The first-order valence-corrected chi connectivity index (χ1v) is 5.16. The number of carbonyl (C=O) groups is 1. The van der Waals surface area contributed by atoms with Gasteiger partial charge in [-0.25, -0.2) is 9.18 Å². The fourth-order valence-corrected chi connectivity index (χ4v) is 1.95. The number of nitrogens with zero attached hydrogens (tertiary/aromatic N) is 2. The van der Waals surface area contributed by atoms with Gasteiger partial charge in [-0.05, 0) is 6.42 Å². The van der Waals surface area contributed by atoms with Crippen molar-refractivity contribution < 1.29 is 9.18 Å². The lowest BCUT2D eigenvalue weighted by Gasteiger charge is -2.31. The summed E-state index contributed by atoms with van der Waals surface area (Å²) < 4.78 is 12.9. The maximum atomic E-state index is 12.9. The first-order chi connectivity index (χ1) is 6.77. The van der Waals surface area contributed by atoms with Crippen LogP contribution in [0.15, 0.2) is 0 Å². The van der Waals surface area contributed by atoms with E-state index in [0.717, 1.165) is 26.2 Å². The molecular weight excluding hydrogens is 221 g/mol. The van der Waals surface area contributed by atoms with E-state index in [1.165, 1.54) is 0 Å². The quantitative estimate of drug-likeness (QED) is 0.665. The van der Waals surface area contributed by atoms with Crippen molar-refractivity contribution in [3.63, 3.8) is 0 Å². The third-order valence-corrected chi connectivity index (χ3v) is 2.79. The van der Waals surface area contributed by atoms with Gasteiger partial charge in [0.15, 0.2) is 0 Å². The summed E-state index contributed by atoms with van der Waals surface area (Å²) in [7, 11) is 0. The minimum absolute atomic E-state index is 0. The summed E-state index contributed by atoms with van der Waals surface area (Å²) in [5, 5.41) is 3.18. The van der Waals surface area contributed by atoms with Gasteiger partial charge in [-0.1, -0.05) is 0 Å². The molecule has 15 heavy (non-hydrogen) atoms. The summed E-state index contributed by atoms with van der Waals surface area (Å²) in [5.41, 5.74) is 0. The molecule has 0 aromatic heterocycles. The summed E-state index contributed by atoms with van der Waals surface area (Å²) in [4.78, 5) is 15.2. The highest BCUT2D eigenvalue weighted by molar-refractivity contribution is 5.85. The lowest BCUT2D eigenvalue weighted by atomic mass is 10.3. The highest BCUT2D eigenvalue weighted by Crippen LogP contribution is 2.14. The van der Waals surface area contributed by atoms with Crippen LogP contribution < -0.4 is 5.32 Å². The highest BCUT2D eigenvalue weighted by atomic mass is 35.5. The largest absolute Gasteiger partial charge is 0.322 e. The molecule has 88 valence electrons. The second kappa shape index (κ2) is 5.51. The van der Waals surface area contributed by atoms with Crippen molar-refractivity contribution in [3.05, 3.63) is 0 Å². The fourth-order valence-electron chi connectivity index (χ4n) is 1.95. The standard InChI is InChI=1S/C9H16FN3O.ClH/c10-8-1-4-13(7-8)9(14)12-5-2-11-3-6-12;/h8,11H,1-7H2;1H/t8-;/m0./s1. The molecule has 2 amide bonds. The van der Waals surface area contributed by atoms with E-state index in [2.05, 4.69) is 5.32 Å². The van der Waals surface area contributed by atoms with E-state index in [9.17, 15) is 9.18 Å². The van der Waals surface area contributed by atoms with E-state index in [1.807, 2.05) is 0 Å². The van der Waals surface area contributed by atoms with Crippen LogP contribution in [0.4, 0.5) is 9.18 Å². The van der Waals surface area contributed by atoms with E-state index in [1.54, 1.807) is 9.80 Å². The van der Waals surface area contributed by atoms with E-state index < -0.39 is 6.17 Å². The number of carbonyl (C=O) groups excluding carboxylic acids is 1. The number of alkyl halides is 1. The Morgan fingerprint density at radius 1 is 1.20 bits per heavy atom. The van der Waals surface area contributed by atoms with Gasteiger partial charge in [0.05, 0.1) is 6.54 Å². The van der Waals surface area contributed by atoms with Crippen LogP contribution in [-0.4, -0.2) is 61.3 Å². The number of hydrogen-bond donors (Lipinski definition) is 1. The maximum Gasteiger partial charge on any atom is 0.320 e.